The minimum atomic E-state index is -0.499. The predicted octanol–water partition coefficient (Wildman–Crippen LogP) is 2.54. The lowest BCUT2D eigenvalue weighted by Crippen LogP contribution is -2.40. The molecule has 6 heteroatoms. The highest BCUT2D eigenvalue weighted by atomic mass is 16.5. The fourth-order valence-electron chi connectivity index (χ4n) is 4.19. The molecule has 2 aromatic rings. The summed E-state index contributed by atoms with van der Waals surface area (Å²) in [6.07, 6.45) is 7.97. The molecular formula is C22H27N3O3. The first-order valence-electron chi connectivity index (χ1n) is 9.98. The van der Waals surface area contributed by atoms with Crippen LogP contribution in [0.5, 0.6) is 0 Å². The second-order valence-electron chi connectivity index (χ2n) is 7.71. The quantitative estimate of drug-likeness (QED) is 0.754. The average Bonchev–Trinajstić information content (AvgIpc) is 3.30. The number of aromatic nitrogens is 2. The van der Waals surface area contributed by atoms with Gasteiger partial charge in [0.15, 0.2) is 0 Å². The van der Waals surface area contributed by atoms with Crippen molar-refractivity contribution >= 4 is 5.91 Å². The van der Waals surface area contributed by atoms with E-state index in [1.165, 1.54) is 0 Å². The van der Waals surface area contributed by atoms with Gasteiger partial charge in [0.2, 0.25) is 5.91 Å². The number of carbonyl (C=O) groups is 1. The Bertz CT molecular complexity index is 831. The molecule has 1 fully saturated rings. The van der Waals surface area contributed by atoms with E-state index < -0.39 is 6.10 Å². The molecule has 1 aliphatic carbocycles. The van der Waals surface area contributed by atoms with Crippen molar-refractivity contribution in [2.24, 2.45) is 5.92 Å². The van der Waals surface area contributed by atoms with Gasteiger partial charge in [-0.05, 0) is 25.2 Å². The van der Waals surface area contributed by atoms with Crippen LogP contribution < -0.4 is 5.32 Å². The molecule has 0 spiro atoms. The molecular weight excluding hydrogens is 354 g/mol. The summed E-state index contributed by atoms with van der Waals surface area (Å²) in [5.74, 6) is 1.23. The van der Waals surface area contributed by atoms with Crippen LogP contribution >= 0.6 is 0 Å². The van der Waals surface area contributed by atoms with Crippen LogP contribution in [0.25, 0.3) is 11.4 Å². The van der Waals surface area contributed by atoms with Gasteiger partial charge in [-0.25, -0.2) is 4.98 Å². The number of nitrogens with zero attached hydrogens (tertiary/aromatic N) is 2. The zero-order chi connectivity index (χ0) is 19.3. The van der Waals surface area contributed by atoms with E-state index in [0.29, 0.717) is 32.0 Å². The highest BCUT2D eigenvalue weighted by molar-refractivity contribution is 5.79. The fraction of sp³-hybridized carbons (Fsp3) is 0.455. The van der Waals surface area contributed by atoms with E-state index in [0.717, 1.165) is 36.3 Å². The number of aliphatic hydroxyl groups excluding tert-OH is 1. The second kappa shape index (κ2) is 8.71. The van der Waals surface area contributed by atoms with E-state index in [9.17, 15) is 9.90 Å². The van der Waals surface area contributed by atoms with Gasteiger partial charge in [-0.15, -0.1) is 0 Å². The largest absolute Gasteiger partial charge is 0.391 e. The maximum atomic E-state index is 12.4. The van der Waals surface area contributed by atoms with E-state index in [2.05, 4.69) is 27.0 Å². The highest BCUT2D eigenvalue weighted by Crippen LogP contribution is 2.29. The first kappa shape index (κ1) is 18.9. The topological polar surface area (TPSA) is 76.4 Å². The molecule has 2 aliphatic rings. The smallest absolute Gasteiger partial charge is 0.224 e. The Morgan fingerprint density at radius 2 is 2.14 bits per heavy atom. The molecule has 6 nitrogen and oxygen atoms in total. The number of hydrogen-bond acceptors (Lipinski definition) is 4. The second-order valence-corrected chi connectivity index (χ2v) is 7.71. The van der Waals surface area contributed by atoms with Gasteiger partial charge in [0, 0.05) is 30.9 Å². The van der Waals surface area contributed by atoms with Crippen molar-refractivity contribution in [3.8, 4) is 11.4 Å². The molecule has 0 bridgehead atoms. The minimum Gasteiger partial charge on any atom is -0.391 e. The maximum Gasteiger partial charge on any atom is 0.224 e. The molecule has 1 aromatic heterocycles. The molecule has 0 radical (unpaired) electrons. The minimum absolute atomic E-state index is 0.00884. The van der Waals surface area contributed by atoms with Crippen molar-refractivity contribution in [3.63, 3.8) is 0 Å². The Balaban J connectivity index is 1.34. The Morgan fingerprint density at radius 1 is 1.29 bits per heavy atom. The predicted molar refractivity (Wildman–Crippen MR) is 106 cm³/mol. The summed E-state index contributed by atoms with van der Waals surface area (Å²) in [6, 6.07) is 9.93. The van der Waals surface area contributed by atoms with Crippen LogP contribution in [0.1, 0.15) is 25.7 Å². The van der Waals surface area contributed by atoms with Gasteiger partial charge in [0.05, 0.1) is 25.4 Å². The van der Waals surface area contributed by atoms with E-state index in [-0.39, 0.29) is 11.9 Å². The van der Waals surface area contributed by atoms with Crippen molar-refractivity contribution in [2.75, 3.05) is 13.2 Å². The molecule has 2 N–H and O–H groups in total. The fourth-order valence-corrected chi connectivity index (χ4v) is 4.19. The molecule has 0 saturated heterocycles. The number of rotatable bonds is 6. The van der Waals surface area contributed by atoms with E-state index in [1.807, 2.05) is 36.7 Å². The monoisotopic (exact) mass is 381 g/mol. The summed E-state index contributed by atoms with van der Waals surface area (Å²) < 4.78 is 7.42. The third-order valence-electron chi connectivity index (χ3n) is 5.62. The molecule has 1 unspecified atom stereocenters. The number of benzene rings is 1. The first-order valence-corrected chi connectivity index (χ1v) is 9.98. The van der Waals surface area contributed by atoms with E-state index in [1.54, 1.807) is 0 Å². The molecule has 1 amide bonds. The Morgan fingerprint density at radius 3 is 2.93 bits per heavy atom. The van der Waals surface area contributed by atoms with Gasteiger partial charge in [0.1, 0.15) is 5.82 Å². The third kappa shape index (κ3) is 4.51. The van der Waals surface area contributed by atoms with Gasteiger partial charge in [0.25, 0.3) is 0 Å². The molecule has 2 heterocycles. The Kier molecular flexibility index (Phi) is 5.88. The molecule has 1 aromatic carbocycles. The summed E-state index contributed by atoms with van der Waals surface area (Å²) in [6.45, 7) is 2.06. The van der Waals surface area contributed by atoms with Crippen LogP contribution in [0.3, 0.4) is 0 Å². The third-order valence-corrected chi connectivity index (χ3v) is 5.62. The number of imidazole rings is 1. The van der Waals surface area contributed by atoms with Crippen LogP contribution in [0.15, 0.2) is 54.4 Å². The molecule has 1 saturated carbocycles. The number of nitrogens with one attached hydrogen (secondary N) is 1. The summed E-state index contributed by atoms with van der Waals surface area (Å²) in [5, 5.41) is 13.5. The van der Waals surface area contributed by atoms with Crippen LogP contribution in [-0.4, -0.2) is 45.9 Å². The van der Waals surface area contributed by atoms with Crippen LogP contribution in [0.2, 0.25) is 0 Å². The summed E-state index contributed by atoms with van der Waals surface area (Å²) in [4.78, 5) is 16.9. The molecule has 1 aliphatic heterocycles. The maximum absolute atomic E-state index is 12.4. The number of hydrogen-bond donors (Lipinski definition) is 2. The summed E-state index contributed by atoms with van der Waals surface area (Å²) in [7, 11) is 0. The number of aliphatic hydroxyl groups is 1. The standard InChI is InChI=1S/C22H27N3O3/c26-20-13-17(12-19(20)24-21(27)14-16-6-10-28-11-7-16)15-25-9-8-23-22(25)18-4-2-1-3-5-18/h1-6,8-9,17,19-20,26H,7,10-15H2,(H,24,27)/t17?,19-,20-/m1/s1. The lowest BCUT2D eigenvalue weighted by atomic mass is 10.1. The highest BCUT2D eigenvalue weighted by Gasteiger charge is 2.34. The van der Waals surface area contributed by atoms with Crippen LogP contribution in [0.4, 0.5) is 0 Å². The van der Waals surface area contributed by atoms with Crippen molar-refractivity contribution in [2.45, 2.75) is 44.4 Å². The van der Waals surface area contributed by atoms with Crippen molar-refractivity contribution in [1.82, 2.24) is 14.9 Å². The van der Waals surface area contributed by atoms with Crippen molar-refractivity contribution in [1.29, 1.82) is 0 Å². The number of ether oxygens (including phenoxy) is 1. The Hall–Kier alpha value is -2.44. The van der Waals surface area contributed by atoms with Crippen molar-refractivity contribution in [3.05, 3.63) is 54.4 Å². The zero-order valence-electron chi connectivity index (χ0n) is 16.0. The van der Waals surface area contributed by atoms with Crippen molar-refractivity contribution < 1.29 is 14.6 Å². The summed E-state index contributed by atoms with van der Waals surface area (Å²) >= 11 is 0. The summed E-state index contributed by atoms with van der Waals surface area (Å²) in [5.41, 5.74) is 2.21. The normalized spacial score (nSPS) is 24.8. The SMILES string of the molecule is O=C(CC1=CCOCC1)N[C@@H]1CC(Cn2ccnc2-c2ccccc2)C[C@H]1O. The lowest BCUT2D eigenvalue weighted by Gasteiger charge is -2.18. The van der Waals surface area contributed by atoms with Gasteiger partial charge in [-0.2, -0.15) is 0 Å². The zero-order valence-corrected chi connectivity index (χ0v) is 16.0. The number of carbonyl (C=O) groups excluding carboxylic acids is 1. The van der Waals surface area contributed by atoms with Gasteiger partial charge >= 0.3 is 0 Å². The van der Waals surface area contributed by atoms with E-state index >= 15 is 0 Å². The van der Waals surface area contributed by atoms with Gasteiger partial charge < -0.3 is 19.7 Å². The average molecular weight is 381 g/mol. The molecule has 3 atom stereocenters. The van der Waals surface area contributed by atoms with E-state index in [4.69, 9.17) is 4.74 Å². The Labute approximate surface area is 165 Å². The molecule has 148 valence electrons. The molecule has 28 heavy (non-hydrogen) atoms. The van der Waals surface area contributed by atoms with Crippen LogP contribution in [-0.2, 0) is 16.1 Å². The van der Waals surface area contributed by atoms with Gasteiger partial charge in [-0.3, -0.25) is 4.79 Å². The van der Waals surface area contributed by atoms with Gasteiger partial charge in [-0.1, -0.05) is 42.0 Å². The first-order chi connectivity index (χ1) is 13.7. The molecule has 4 rings (SSSR count). The number of amides is 1. The lowest BCUT2D eigenvalue weighted by molar-refractivity contribution is -0.121. The van der Waals surface area contributed by atoms with Crippen LogP contribution in [0, 0.1) is 5.92 Å².